The molecular formula is C9H19F3N2O2S. The SMILES string of the molecule is CCNCCCCS(=O)(=O)N(C)CC(F)(F)F. The third-order valence-electron chi connectivity index (χ3n) is 2.13. The summed E-state index contributed by atoms with van der Waals surface area (Å²) >= 11 is 0. The van der Waals surface area contributed by atoms with Crippen molar-refractivity contribution in [3.05, 3.63) is 0 Å². The minimum atomic E-state index is -4.49. The van der Waals surface area contributed by atoms with Crippen LogP contribution in [0.3, 0.4) is 0 Å². The van der Waals surface area contributed by atoms with Crippen LogP contribution in [0.2, 0.25) is 0 Å². The highest BCUT2D eigenvalue weighted by Gasteiger charge is 2.33. The molecule has 4 nitrogen and oxygen atoms in total. The zero-order chi connectivity index (χ0) is 13.5. The van der Waals surface area contributed by atoms with Crippen LogP contribution in [-0.2, 0) is 10.0 Å². The van der Waals surface area contributed by atoms with Gasteiger partial charge in [-0.3, -0.25) is 0 Å². The van der Waals surface area contributed by atoms with Crippen LogP contribution < -0.4 is 5.32 Å². The van der Waals surface area contributed by atoms with Gasteiger partial charge in [0.25, 0.3) is 0 Å². The van der Waals surface area contributed by atoms with Crippen LogP contribution in [0.4, 0.5) is 13.2 Å². The van der Waals surface area contributed by atoms with Gasteiger partial charge in [-0.2, -0.15) is 17.5 Å². The molecule has 104 valence electrons. The van der Waals surface area contributed by atoms with E-state index in [1.54, 1.807) is 0 Å². The monoisotopic (exact) mass is 276 g/mol. The van der Waals surface area contributed by atoms with Crippen molar-refractivity contribution in [3.63, 3.8) is 0 Å². The van der Waals surface area contributed by atoms with Crippen molar-refractivity contribution in [2.24, 2.45) is 0 Å². The maximum atomic E-state index is 12.0. The van der Waals surface area contributed by atoms with Gasteiger partial charge in [0.15, 0.2) is 0 Å². The molecule has 1 N–H and O–H groups in total. The molecule has 0 aliphatic carbocycles. The largest absolute Gasteiger partial charge is 0.402 e. The lowest BCUT2D eigenvalue weighted by Crippen LogP contribution is -2.37. The molecule has 0 saturated carbocycles. The molecule has 0 aromatic heterocycles. The number of sulfonamides is 1. The lowest BCUT2D eigenvalue weighted by Gasteiger charge is -2.18. The third kappa shape index (κ3) is 8.39. The first kappa shape index (κ1) is 16.7. The zero-order valence-corrected chi connectivity index (χ0v) is 10.9. The van der Waals surface area contributed by atoms with Crippen LogP contribution in [0.1, 0.15) is 19.8 Å². The minimum Gasteiger partial charge on any atom is -0.317 e. The molecule has 0 aliphatic rings. The molecule has 0 aromatic rings. The summed E-state index contributed by atoms with van der Waals surface area (Å²) in [6, 6.07) is 0. The topological polar surface area (TPSA) is 49.4 Å². The highest BCUT2D eigenvalue weighted by atomic mass is 32.2. The van der Waals surface area contributed by atoms with E-state index in [4.69, 9.17) is 0 Å². The highest BCUT2D eigenvalue weighted by molar-refractivity contribution is 7.89. The molecule has 0 aliphatic heterocycles. The van der Waals surface area contributed by atoms with E-state index in [1.165, 1.54) is 0 Å². The maximum Gasteiger partial charge on any atom is 0.402 e. The Bertz CT molecular complexity index is 304. The van der Waals surface area contributed by atoms with Crippen LogP contribution >= 0.6 is 0 Å². The van der Waals surface area contributed by atoms with Crippen molar-refractivity contribution < 1.29 is 21.6 Å². The molecule has 0 radical (unpaired) electrons. The molecule has 0 rings (SSSR count). The van der Waals surface area contributed by atoms with Gasteiger partial charge >= 0.3 is 6.18 Å². The average Bonchev–Trinajstić information content (AvgIpc) is 2.14. The van der Waals surface area contributed by atoms with Crippen LogP contribution in [0.15, 0.2) is 0 Å². The van der Waals surface area contributed by atoms with E-state index in [1.807, 2.05) is 6.92 Å². The second kappa shape index (κ2) is 7.17. The first-order chi connectivity index (χ1) is 7.69. The van der Waals surface area contributed by atoms with Crippen molar-refractivity contribution in [1.82, 2.24) is 9.62 Å². The van der Waals surface area contributed by atoms with Gasteiger partial charge in [-0.15, -0.1) is 0 Å². The molecule has 0 fully saturated rings. The summed E-state index contributed by atoms with van der Waals surface area (Å²) in [5, 5.41) is 3.01. The summed E-state index contributed by atoms with van der Waals surface area (Å²) in [6.07, 6.45) is -3.50. The van der Waals surface area contributed by atoms with E-state index in [0.717, 1.165) is 13.6 Å². The molecule has 0 heterocycles. The van der Waals surface area contributed by atoms with Gasteiger partial charge in [-0.25, -0.2) is 8.42 Å². The number of hydrogen-bond donors (Lipinski definition) is 1. The average molecular weight is 276 g/mol. The zero-order valence-electron chi connectivity index (χ0n) is 10.0. The molecule has 17 heavy (non-hydrogen) atoms. The predicted octanol–water partition coefficient (Wildman–Crippen LogP) is 1.20. The minimum absolute atomic E-state index is 0.245. The Balaban J connectivity index is 4.02. The van der Waals surface area contributed by atoms with Gasteiger partial charge in [0.1, 0.15) is 6.54 Å². The Morgan fingerprint density at radius 3 is 2.29 bits per heavy atom. The van der Waals surface area contributed by atoms with Crippen molar-refractivity contribution >= 4 is 10.0 Å². The summed E-state index contributed by atoms with van der Waals surface area (Å²) in [6.45, 7) is 1.96. The standard InChI is InChI=1S/C9H19F3N2O2S/c1-3-13-6-4-5-7-17(15,16)14(2)8-9(10,11)12/h13H,3-8H2,1-2H3. The third-order valence-corrected chi connectivity index (χ3v) is 4.02. The summed E-state index contributed by atoms with van der Waals surface area (Å²) < 4.78 is 59.3. The van der Waals surface area contributed by atoms with Gasteiger partial charge < -0.3 is 5.32 Å². The normalized spacial score (nSPS) is 13.3. The molecular weight excluding hydrogens is 257 g/mol. The van der Waals surface area contributed by atoms with E-state index in [0.29, 0.717) is 23.7 Å². The lowest BCUT2D eigenvalue weighted by molar-refractivity contribution is -0.134. The fraction of sp³-hybridized carbons (Fsp3) is 1.00. The number of rotatable bonds is 8. The van der Waals surface area contributed by atoms with E-state index >= 15 is 0 Å². The number of halogens is 3. The molecule has 0 aromatic carbocycles. The number of unbranched alkanes of at least 4 members (excludes halogenated alkanes) is 1. The summed E-state index contributed by atoms with van der Waals surface area (Å²) in [4.78, 5) is 0. The molecule has 0 unspecified atom stereocenters. The molecule has 8 heteroatoms. The summed E-state index contributed by atoms with van der Waals surface area (Å²) in [5.41, 5.74) is 0. The number of nitrogens with zero attached hydrogens (tertiary/aromatic N) is 1. The number of nitrogens with one attached hydrogen (secondary N) is 1. The second-order valence-electron chi connectivity index (χ2n) is 3.75. The van der Waals surface area contributed by atoms with Crippen molar-refractivity contribution in [3.8, 4) is 0 Å². The highest BCUT2D eigenvalue weighted by Crippen LogP contribution is 2.17. The van der Waals surface area contributed by atoms with Crippen LogP contribution in [0, 0.1) is 0 Å². The Morgan fingerprint density at radius 1 is 1.24 bits per heavy atom. The summed E-state index contributed by atoms with van der Waals surface area (Å²) in [7, 11) is -2.84. The quantitative estimate of drug-likeness (QED) is 0.678. The van der Waals surface area contributed by atoms with Gasteiger partial charge in [-0.1, -0.05) is 6.92 Å². The smallest absolute Gasteiger partial charge is 0.317 e. The van der Waals surface area contributed by atoms with Gasteiger partial charge in [-0.05, 0) is 25.9 Å². The Hall–Kier alpha value is -0.340. The van der Waals surface area contributed by atoms with Crippen molar-refractivity contribution in [2.45, 2.75) is 25.9 Å². The Labute approximate surface area is 100 Å². The van der Waals surface area contributed by atoms with Crippen LogP contribution in [0.25, 0.3) is 0 Å². The van der Waals surface area contributed by atoms with Crippen LogP contribution in [-0.4, -0.2) is 51.3 Å². The molecule has 0 bridgehead atoms. The van der Waals surface area contributed by atoms with Gasteiger partial charge in [0.05, 0.1) is 5.75 Å². The first-order valence-electron chi connectivity index (χ1n) is 5.40. The first-order valence-corrected chi connectivity index (χ1v) is 7.01. The lowest BCUT2D eigenvalue weighted by atomic mass is 10.3. The number of alkyl halides is 3. The van der Waals surface area contributed by atoms with Crippen molar-refractivity contribution in [1.29, 1.82) is 0 Å². The number of hydrogen-bond acceptors (Lipinski definition) is 3. The van der Waals surface area contributed by atoms with Crippen LogP contribution in [0.5, 0.6) is 0 Å². The summed E-state index contributed by atoms with van der Waals surface area (Å²) in [5.74, 6) is -0.245. The van der Waals surface area contributed by atoms with E-state index in [9.17, 15) is 21.6 Å². The van der Waals surface area contributed by atoms with Gasteiger partial charge in [0, 0.05) is 7.05 Å². The fourth-order valence-corrected chi connectivity index (χ4v) is 2.44. The van der Waals surface area contributed by atoms with E-state index in [-0.39, 0.29) is 5.75 Å². The molecule has 0 atom stereocenters. The predicted molar refractivity (Wildman–Crippen MR) is 60.2 cm³/mol. The second-order valence-corrected chi connectivity index (χ2v) is 5.94. The Kier molecular flexibility index (Phi) is 7.03. The molecule has 0 spiro atoms. The van der Waals surface area contributed by atoms with E-state index in [2.05, 4.69) is 5.32 Å². The Morgan fingerprint density at radius 2 is 1.82 bits per heavy atom. The van der Waals surface area contributed by atoms with Gasteiger partial charge in [0.2, 0.25) is 10.0 Å². The fourth-order valence-electron chi connectivity index (χ4n) is 1.22. The molecule has 0 amide bonds. The van der Waals surface area contributed by atoms with Crippen molar-refractivity contribution in [2.75, 3.05) is 32.4 Å². The van der Waals surface area contributed by atoms with E-state index < -0.39 is 22.7 Å². The maximum absolute atomic E-state index is 12.0. The molecule has 0 saturated heterocycles.